The summed E-state index contributed by atoms with van der Waals surface area (Å²) in [6.45, 7) is 3.35. The number of carbonyl (C=O) groups excluding carboxylic acids is 1. The maximum absolute atomic E-state index is 14.1. The zero-order valence-corrected chi connectivity index (χ0v) is 18.2. The highest BCUT2D eigenvalue weighted by Gasteiger charge is 2.35. The number of benzene rings is 2. The van der Waals surface area contributed by atoms with Gasteiger partial charge in [-0.15, -0.1) is 0 Å². The molecule has 1 fully saturated rings. The second-order valence-corrected chi connectivity index (χ2v) is 8.50. The number of oxime groups is 1. The number of halogens is 4. The predicted molar refractivity (Wildman–Crippen MR) is 116 cm³/mol. The minimum Gasteiger partial charge on any atom is -0.382 e. The van der Waals surface area contributed by atoms with Crippen molar-refractivity contribution < 1.29 is 14.0 Å². The quantitative estimate of drug-likeness (QED) is 0.655. The lowest BCUT2D eigenvalue weighted by molar-refractivity contribution is -0.143. The second kappa shape index (κ2) is 9.10. The van der Waals surface area contributed by atoms with Gasteiger partial charge in [0, 0.05) is 39.1 Å². The molecule has 0 spiro atoms. The topological polar surface area (TPSA) is 45.1 Å². The average molecular weight is 471 g/mol. The van der Waals surface area contributed by atoms with E-state index in [1.165, 1.54) is 12.1 Å². The third kappa shape index (κ3) is 4.57. The Labute approximate surface area is 188 Å². The van der Waals surface area contributed by atoms with Crippen LogP contribution in [0.5, 0.6) is 0 Å². The van der Waals surface area contributed by atoms with Gasteiger partial charge in [0.05, 0.1) is 26.3 Å². The zero-order valence-electron chi connectivity index (χ0n) is 16.0. The van der Waals surface area contributed by atoms with Gasteiger partial charge in [0.2, 0.25) is 6.10 Å². The molecule has 1 unspecified atom stereocenters. The van der Waals surface area contributed by atoms with Crippen LogP contribution in [-0.2, 0) is 16.2 Å². The molecule has 5 nitrogen and oxygen atoms in total. The normalized spacial score (nSPS) is 19.5. The van der Waals surface area contributed by atoms with Gasteiger partial charge in [-0.05, 0) is 29.8 Å². The van der Waals surface area contributed by atoms with Gasteiger partial charge in [-0.25, -0.2) is 4.39 Å². The fraction of sp³-hybridized carbons (Fsp3) is 0.333. The highest BCUT2D eigenvalue weighted by molar-refractivity contribution is 6.42. The molecule has 1 atom stereocenters. The molecule has 0 bridgehead atoms. The Kier molecular flexibility index (Phi) is 6.48. The fourth-order valence-electron chi connectivity index (χ4n) is 3.66. The van der Waals surface area contributed by atoms with Crippen LogP contribution in [0.1, 0.15) is 17.5 Å². The van der Waals surface area contributed by atoms with Gasteiger partial charge in [-0.2, -0.15) is 0 Å². The smallest absolute Gasteiger partial charge is 0.266 e. The largest absolute Gasteiger partial charge is 0.382 e. The molecule has 2 aliphatic rings. The Bertz CT molecular complexity index is 973. The molecule has 1 saturated heterocycles. The van der Waals surface area contributed by atoms with E-state index >= 15 is 0 Å². The van der Waals surface area contributed by atoms with E-state index in [4.69, 9.17) is 39.6 Å². The van der Waals surface area contributed by atoms with Crippen molar-refractivity contribution in [3.63, 3.8) is 0 Å². The number of hydrogen-bond donors (Lipinski definition) is 0. The molecule has 9 heteroatoms. The lowest BCUT2D eigenvalue weighted by Crippen LogP contribution is -2.51. The summed E-state index contributed by atoms with van der Waals surface area (Å²) in [4.78, 5) is 22.2. The molecule has 1 amide bonds. The second-order valence-electron chi connectivity index (χ2n) is 7.28. The first-order valence-electron chi connectivity index (χ1n) is 9.54. The van der Waals surface area contributed by atoms with Gasteiger partial charge in [-0.1, -0.05) is 52.1 Å². The summed E-state index contributed by atoms with van der Waals surface area (Å²) in [7, 11) is 0. The maximum Gasteiger partial charge on any atom is 0.266 e. The molecule has 0 radical (unpaired) electrons. The minimum atomic E-state index is -0.753. The van der Waals surface area contributed by atoms with Crippen molar-refractivity contribution in [2.75, 3.05) is 26.2 Å². The fourth-order valence-corrected chi connectivity index (χ4v) is 4.25. The van der Waals surface area contributed by atoms with Crippen molar-refractivity contribution in [1.29, 1.82) is 0 Å². The summed E-state index contributed by atoms with van der Waals surface area (Å²) >= 11 is 18.1. The van der Waals surface area contributed by atoms with E-state index in [2.05, 4.69) is 10.1 Å². The van der Waals surface area contributed by atoms with Crippen LogP contribution in [0.3, 0.4) is 0 Å². The molecule has 158 valence electrons. The van der Waals surface area contributed by atoms with Crippen LogP contribution in [0, 0.1) is 5.82 Å². The van der Waals surface area contributed by atoms with E-state index in [9.17, 15) is 9.18 Å². The molecule has 0 N–H and O–H groups in total. The van der Waals surface area contributed by atoms with Gasteiger partial charge in [0.15, 0.2) is 0 Å². The summed E-state index contributed by atoms with van der Waals surface area (Å²) in [5.74, 6) is -0.621. The zero-order chi connectivity index (χ0) is 21.3. The van der Waals surface area contributed by atoms with Crippen molar-refractivity contribution >= 4 is 46.4 Å². The van der Waals surface area contributed by atoms with Gasteiger partial charge >= 0.3 is 0 Å². The summed E-state index contributed by atoms with van der Waals surface area (Å²) in [6.07, 6.45) is -0.555. The molecule has 2 aliphatic heterocycles. The standard InChI is InChI=1S/C21H19Cl3FN3O2/c22-14-5-4-13(10-16(14)24)12-27-6-8-28(9-7-27)21(29)19-11-18(26-30-19)20-15(23)2-1-3-17(20)25/h1-5,10,19H,6-9,11-12H2. The minimum absolute atomic E-state index is 0.143. The number of amides is 1. The number of carbonyl (C=O) groups is 1. The molecule has 30 heavy (non-hydrogen) atoms. The summed E-state index contributed by atoms with van der Waals surface area (Å²) < 4.78 is 14.1. The molecule has 2 aromatic rings. The van der Waals surface area contributed by atoms with Crippen molar-refractivity contribution in [2.24, 2.45) is 5.16 Å². The molecule has 0 aliphatic carbocycles. The number of nitrogens with zero attached hydrogens (tertiary/aromatic N) is 3. The van der Waals surface area contributed by atoms with Crippen molar-refractivity contribution in [3.8, 4) is 0 Å². The van der Waals surface area contributed by atoms with Crippen LogP contribution in [0.4, 0.5) is 4.39 Å². The SMILES string of the molecule is O=C(C1CC(c2c(F)cccc2Cl)=NO1)N1CCN(Cc2ccc(Cl)c(Cl)c2)CC1. The Morgan fingerprint density at radius 3 is 2.53 bits per heavy atom. The molecule has 4 rings (SSSR count). The average Bonchev–Trinajstić information content (AvgIpc) is 3.20. The highest BCUT2D eigenvalue weighted by atomic mass is 35.5. The molecular formula is C21H19Cl3FN3O2. The monoisotopic (exact) mass is 469 g/mol. The molecule has 2 heterocycles. The maximum atomic E-state index is 14.1. The molecule has 0 saturated carbocycles. The number of rotatable bonds is 4. The molecule has 2 aromatic carbocycles. The summed E-state index contributed by atoms with van der Waals surface area (Å²) in [6, 6.07) is 10.0. The predicted octanol–water partition coefficient (Wildman–Crippen LogP) is 4.62. The first kappa shape index (κ1) is 21.4. The Balaban J connectivity index is 1.31. The van der Waals surface area contributed by atoms with Crippen LogP contribution in [-0.4, -0.2) is 53.7 Å². The van der Waals surface area contributed by atoms with Crippen LogP contribution in [0.25, 0.3) is 0 Å². The lowest BCUT2D eigenvalue weighted by atomic mass is 10.0. The Morgan fingerprint density at radius 2 is 1.83 bits per heavy atom. The van der Waals surface area contributed by atoms with Crippen LogP contribution in [0.2, 0.25) is 15.1 Å². The first-order valence-corrected chi connectivity index (χ1v) is 10.7. The summed E-state index contributed by atoms with van der Waals surface area (Å²) in [5.41, 5.74) is 1.62. The van der Waals surface area contributed by atoms with Crippen LogP contribution in [0.15, 0.2) is 41.6 Å². The first-order chi connectivity index (χ1) is 14.4. The molecule has 0 aromatic heterocycles. The van der Waals surface area contributed by atoms with E-state index in [1.807, 2.05) is 12.1 Å². The number of hydrogen-bond acceptors (Lipinski definition) is 4. The lowest BCUT2D eigenvalue weighted by Gasteiger charge is -2.35. The van der Waals surface area contributed by atoms with Crippen molar-refractivity contribution in [2.45, 2.75) is 19.1 Å². The van der Waals surface area contributed by atoms with E-state index < -0.39 is 11.9 Å². The molecular weight excluding hydrogens is 452 g/mol. The van der Waals surface area contributed by atoms with Crippen LogP contribution >= 0.6 is 34.8 Å². The number of piperazine rings is 1. The van der Waals surface area contributed by atoms with Gasteiger partial charge in [0.1, 0.15) is 5.82 Å². The highest BCUT2D eigenvalue weighted by Crippen LogP contribution is 2.27. The van der Waals surface area contributed by atoms with E-state index in [0.717, 1.165) is 25.2 Å². The third-order valence-electron chi connectivity index (χ3n) is 5.27. The van der Waals surface area contributed by atoms with Gasteiger partial charge in [0.25, 0.3) is 5.91 Å². The third-order valence-corrected chi connectivity index (χ3v) is 6.32. The van der Waals surface area contributed by atoms with E-state index in [1.54, 1.807) is 17.0 Å². The van der Waals surface area contributed by atoms with Gasteiger partial charge in [-0.3, -0.25) is 9.69 Å². The van der Waals surface area contributed by atoms with E-state index in [0.29, 0.717) is 28.8 Å². The van der Waals surface area contributed by atoms with Crippen LogP contribution < -0.4 is 0 Å². The van der Waals surface area contributed by atoms with Gasteiger partial charge < -0.3 is 9.74 Å². The van der Waals surface area contributed by atoms with E-state index in [-0.39, 0.29) is 22.9 Å². The van der Waals surface area contributed by atoms with Crippen molar-refractivity contribution in [1.82, 2.24) is 9.80 Å². The van der Waals surface area contributed by atoms with Crippen molar-refractivity contribution in [3.05, 3.63) is 68.4 Å². The Hall–Kier alpha value is -1.86. The summed E-state index contributed by atoms with van der Waals surface area (Å²) in [5, 5.41) is 5.24. The Morgan fingerprint density at radius 1 is 1.07 bits per heavy atom.